The number of nitrogens with zero attached hydrogens (tertiary/aromatic N) is 3. The number of carbonyl (C=O) groups is 1. The zero-order chi connectivity index (χ0) is 11.5. The van der Waals surface area contributed by atoms with Gasteiger partial charge in [-0.3, -0.25) is 9.48 Å². The lowest BCUT2D eigenvalue weighted by Crippen LogP contribution is -2.07. The monoisotopic (exact) mass is 231 g/mol. The molecule has 0 atom stereocenters. The predicted octanol–water partition coefficient (Wildman–Crippen LogP) is -0.0846. The fourth-order valence-corrected chi connectivity index (χ4v) is 1.71. The molecule has 1 aromatic heterocycles. The molecule has 6 nitrogen and oxygen atoms in total. The Morgan fingerprint density at radius 1 is 1.53 bits per heavy atom. The third-order valence-electron chi connectivity index (χ3n) is 1.80. The summed E-state index contributed by atoms with van der Waals surface area (Å²) in [6, 6.07) is 0. The third kappa shape index (κ3) is 4.20. The van der Waals surface area contributed by atoms with E-state index in [2.05, 4.69) is 10.3 Å². The van der Waals surface area contributed by atoms with Gasteiger partial charge in [0.1, 0.15) is 15.5 Å². The first-order chi connectivity index (χ1) is 6.88. The molecule has 0 aliphatic rings. The zero-order valence-corrected chi connectivity index (χ0v) is 9.49. The number of ketones is 1. The summed E-state index contributed by atoms with van der Waals surface area (Å²) in [5, 5.41) is 7.35. The van der Waals surface area contributed by atoms with E-state index < -0.39 is 9.84 Å². The smallest absolute Gasteiger partial charge is 0.181 e. The van der Waals surface area contributed by atoms with E-state index >= 15 is 0 Å². The Bertz CT molecular complexity index is 449. The van der Waals surface area contributed by atoms with Crippen LogP contribution in [0.2, 0.25) is 0 Å². The molecule has 1 aromatic rings. The van der Waals surface area contributed by atoms with E-state index in [1.165, 1.54) is 24.1 Å². The van der Waals surface area contributed by atoms with Crippen molar-refractivity contribution in [3.8, 4) is 0 Å². The van der Waals surface area contributed by atoms with Crippen LogP contribution in [0.4, 0.5) is 0 Å². The van der Waals surface area contributed by atoms with Crippen molar-refractivity contribution in [1.29, 1.82) is 0 Å². The second kappa shape index (κ2) is 4.52. The van der Waals surface area contributed by atoms with Gasteiger partial charge in [0.15, 0.2) is 5.78 Å². The molecule has 0 saturated heterocycles. The summed E-state index contributed by atoms with van der Waals surface area (Å²) in [7, 11) is -2.93. The molecule has 0 aliphatic heterocycles. The third-order valence-corrected chi connectivity index (χ3v) is 2.83. The van der Waals surface area contributed by atoms with Gasteiger partial charge >= 0.3 is 0 Å². The van der Waals surface area contributed by atoms with Crippen LogP contribution in [0.25, 0.3) is 0 Å². The maximum absolute atomic E-state index is 10.9. The quantitative estimate of drug-likeness (QED) is 0.662. The van der Waals surface area contributed by atoms with Crippen LogP contribution < -0.4 is 0 Å². The predicted molar refractivity (Wildman–Crippen MR) is 54.4 cm³/mol. The van der Waals surface area contributed by atoms with Gasteiger partial charge in [-0.1, -0.05) is 5.21 Å². The number of sulfone groups is 1. The highest BCUT2D eigenvalue weighted by Crippen LogP contribution is 1.97. The second-order valence-corrected chi connectivity index (χ2v) is 5.67. The van der Waals surface area contributed by atoms with Gasteiger partial charge in [0.05, 0.1) is 11.9 Å². The van der Waals surface area contributed by atoms with E-state index in [-0.39, 0.29) is 11.5 Å². The van der Waals surface area contributed by atoms with E-state index in [0.29, 0.717) is 18.7 Å². The second-order valence-electron chi connectivity index (χ2n) is 3.41. The topological polar surface area (TPSA) is 81.9 Å². The highest BCUT2D eigenvalue weighted by Gasteiger charge is 2.06. The highest BCUT2D eigenvalue weighted by molar-refractivity contribution is 7.90. The number of rotatable bonds is 5. The summed E-state index contributed by atoms with van der Waals surface area (Å²) in [6.45, 7) is 1.86. The summed E-state index contributed by atoms with van der Waals surface area (Å²) >= 11 is 0. The minimum absolute atomic E-state index is 0.113. The number of hydrogen-bond donors (Lipinski definition) is 0. The van der Waals surface area contributed by atoms with Crippen molar-refractivity contribution in [1.82, 2.24) is 15.0 Å². The molecule has 84 valence electrons. The van der Waals surface area contributed by atoms with Crippen molar-refractivity contribution in [2.75, 3.05) is 12.0 Å². The van der Waals surface area contributed by atoms with E-state index in [4.69, 9.17) is 0 Å². The Morgan fingerprint density at radius 2 is 2.20 bits per heavy atom. The lowest BCUT2D eigenvalue weighted by molar-refractivity contribution is 0.101. The Labute approximate surface area is 88.2 Å². The van der Waals surface area contributed by atoms with Gasteiger partial charge in [-0.05, 0) is 6.42 Å². The molecular weight excluding hydrogens is 218 g/mol. The summed E-state index contributed by atoms with van der Waals surface area (Å²) < 4.78 is 23.1. The van der Waals surface area contributed by atoms with Crippen molar-refractivity contribution < 1.29 is 13.2 Å². The van der Waals surface area contributed by atoms with Crippen LogP contribution in [-0.4, -0.2) is 41.2 Å². The number of Topliss-reactive ketones (excluding diaryl/α,β-unsaturated/α-hetero) is 1. The minimum atomic E-state index is -2.93. The maximum atomic E-state index is 10.9. The van der Waals surface area contributed by atoms with Crippen molar-refractivity contribution in [3.63, 3.8) is 0 Å². The fraction of sp³-hybridized carbons (Fsp3) is 0.625. The SMILES string of the molecule is CC(=O)c1cn(CCCS(C)(=O)=O)nn1. The fourth-order valence-electron chi connectivity index (χ4n) is 1.06. The average molecular weight is 231 g/mol. The molecule has 0 aromatic carbocycles. The van der Waals surface area contributed by atoms with Gasteiger partial charge in [-0.25, -0.2) is 8.42 Å². The zero-order valence-electron chi connectivity index (χ0n) is 8.67. The summed E-state index contributed by atoms with van der Waals surface area (Å²) in [6.07, 6.45) is 3.18. The van der Waals surface area contributed by atoms with E-state index in [1.807, 2.05) is 0 Å². The molecule has 0 unspecified atom stereocenters. The van der Waals surface area contributed by atoms with Crippen LogP contribution in [-0.2, 0) is 16.4 Å². The Hall–Kier alpha value is -1.24. The Morgan fingerprint density at radius 3 is 2.67 bits per heavy atom. The molecule has 0 aliphatic carbocycles. The number of carbonyl (C=O) groups excluding carboxylic acids is 1. The number of aromatic nitrogens is 3. The first kappa shape index (κ1) is 11.8. The van der Waals surface area contributed by atoms with E-state index in [0.717, 1.165) is 0 Å². The van der Waals surface area contributed by atoms with Crippen molar-refractivity contribution >= 4 is 15.6 Å². The molecule has 0 N–H and O–H groups in total. The largest absolute Gasteiger partial charge is 0.293 e. The molecule has 0 amide bonds. The van der Waals surface area contributed by atoms with Gasteiger partial charge < -0.3 is 0 Å². The normalized spacial score (nSPS) is 11.6. The van der Waals surface area contributed by atoms with Crippen molar-refractivity contribution in [2.45, 2.75) is 19.9 Å². The molecule has 0 saturated carbocycles. The molecule has 0 radical (unpaired) electrons. The molecule has 15 heavy (non-hydrogen) atoms. The molecule has 1 heterocycles. The number of hydrogen-bond acceptors (Lipinski definition) is 5. The Balaban J connectivity index is 2.48. The highest BCUT2D eigenvalue weighted by atomic mass is 32.2. The molecule has 0 bridgehead atoms. The van der Waals surface area contributed by atoms with Crippen LogP contribution in [0, 0.1) is 0 Å². The number of aryl methyl sites for hydroxylation is 1. The van der Waals surface area contributed by atoms with Crippen LogP contribution in [0.1, 0.15) is 23.8 Å². The molecule has 0 spiro atoms. The van der Waals surface area contributed by atoms with Crippen LogP contribution in [0.5, 0.6) is 0 Å². The van der Waals surface area contributed by atoms with E-state index in [9.17, 15) is 13.2 Å². The standard InChI is InChI=1S/C8H13N3O3S/c1-7(12)8-6-11(10-9-8)4-3-5-15(2,13)14/h6H,3-5H2,1-2H3. The summed E-state index contributed by atoms with van der Waals surface area (Å²) in [5.74, 6) is -0.0354. The van der Waals surface area contributed by atoms with Crippen LogP contribution in [0.3, 0.4) is 0 Å². The van der Waals surface area contributed by atoms with Gasteiger partial charge in [-0.2, -0.15) is 0 Å². The summed E-state index contributed by atoms with van der Waals surface area (Å²) in [4.78, 5) is 10.9. The lowest BCUT2D eigenvalue weighted by atomic mass is 10.3. The van der Waals surface area contributed by atoms with Gasteiger partial charge in [0, 0.05) is 19.7 Å². The molecule has 1 rings (SSSR count). The van der Waals surface area contributed by atoms with Crippen LogP contribution >= 0.6 is 0 Å². The molecule has 0 fully saturated rings. The Kier molecular flexibility index (Phi) is 3.57. The van der Waals surface area contributed by atoms with Crippen LogP contribution in [0.15, 0.2) is 6.20 Å². The minimum Gasteiger partial charge on any atom is -0.293 e. The first-order valence-electron chi connectivity index (χ1n) is 4.47. The van der Waals surface area contributed by atoms with Gasteiger partial charge in [0.25, 0.3) is 0 Å². The van der Waals surface area contributed by atoms with Crippen molar-refractivity contribution in [2.24, 2.45) is 0 Å². The molecule has 7 heteroatoms. The summed E-state index contributed by atoms with van der Waals surface area (Å²) in [5.41, 5.74) is 0.300. The van der Waals surface area contributed by atoms with Gasteiger partial charge in [-0.15, -0.1) is 5.10 Å². The lowest BCUT2D eigenvalue weighted by Gasteiger charge is -1.98. The van der Waals surface area contributed by atoms with Crippen molar-refractivity contribution in [3.05, 3.63) is 11.9 Å². The maximum Gasteiger partial charge on any atom is 0.181 e. The van der Waals surface area contributed by atoms with E-state index in [1.54, 1.807) is 0 Å². The first-order valence-corrected chi connectivity index (χ1v) is 6.53. The molecular formula is C8H13N3O3S. The average Bonchev–Trinajstić information content (AvgIpc) is 2.50. The van der Waals surface area contributed by atoms with Gasteiger partial charge in [0.2, 0.25) is 0 Å².